The Morgan fingerprint density at radius 3 is 1.21 bits per heavy atom. The molecule has 0 radical (unpaired) electrons. The van der Waals surface area contributed by atoms with Crippen LogP contribution in [-0.4, -0.2) is 44.6 Å². The van der Waals surface area contributed by atoms with Crippen molar-refractivity contribution in [2.75, 3.05) is 26.7 Å². The van der Waals surface area contributed by atoms with Gasteiger partial charge in [0.05, 0.1) is 26.7 Å². The van der Waals surface area contributed by atoms with Crippen LogP contribution >= 0.6 is 0 Å². The van der Waals surface area contributed by atoms with E-state index in [1.54, 1.807) is 89.7 Å². The van der Waals surface area contributed by atoms with Crippen LogP contribution in [0.5, 0.6) is 0 Å². The lowest BCUT2D eigenvalue weighted by atomic mass is 9.26. The van der Waals surface area contributed by atoms with E-state index in [9.17, 15) is 0 Å². The van der Waals surface area contributed by atoms with Crippen LogP contribution in [0.4, 0.5) is 0 Å². The molecule has 0 atom stereocenters. The van der Waals surface area contributed by atoms with Crippen molar-refractivity contribution < 1.29 is 4.48 Å². The van der Waals surface area contributed by atoms with Gasteiger partial charge in [0.1, 0.15) is 13.4 Å². The van der Waals surface area contributed by atoms with Crippen LogP contribution in [0.15, 0.2) is 0 Å². The van der Waals surface area contributed by atoms with E-state index >= 15 is 0 Å². The molecular weight excluding hydrogens is 408 g/mol. The molecule has 0 amide bonds. The van der Waals surface area contributed by atoms with E-state index in [1.807, 2.05) is 0 Å². The number of quaternary nitrogens is 1. The molecule has 0 unspecified atom stereocenters. The average molecular weight is 468 g/mol. The summed E-state index contributed by atoms with van der Waals surface area (Å²) in [7, 11) is 2.60. The summed E-state index contributed by atoms with van der Waals surface area (Å²) in [4.78, 5) is 0. The number of fused-ring (bicyclic) bond motifs is 4. The van der Waals surface area contributed by atoms with Crippen molar-refractivity contribution in [2.45, 2.75) is 171 Å². The molecule has 4 saturated heterocycles. The fourth-order valence-corrected chi connectivity index (χ4v) is 9.55. The number of nitrogens with zero attached hydrogens (tertiary/aromatic N) is 1. The van der Waals surface area contributed by atoms with E-state index < -0.39 is 0 Å². The zero-order chi connectivity index (χ0) is 23.6. The van der Waals surface area contributed by atoms with Crippen molar-refractivity contribution in [3.8, 4) is 0 Å². The molecule has 0 saturated carbocycles. The number of hydrogen-bond acceptors (Lipinski definition) is 0. The highest BCUT2D eigenvalue weighted by Gasteiger charge is 2.39. The Balaban J connectivity index is 1.11. The summed E-state index contributed by atoms with van der Waals surface area (Å²) in [5.41, 5.74) is 0. The summed E-state index contributed by atoms with van der Waals surface area (Å²) < 4.78 is 1.37. The van der Waals surface area contributed by atoms with Crippen LogP contribution in [0.3, 0.4) is 0 Å². The first-order valence-electron chi connectivity index (χ1n) is 16.5. The van der Waals surface area contributed by atoms with Crippen molar-refractivity contribution >= 4 is 13.4 Å². The molecular formula is C31H60B2N+. The lowest BCUT2D eigenvalue weighted by Gasteiger charge is -2.41. The van der Waals surface area contributed by atoms with Crippen molar-refractivity contribution in [2.24, 2.45) is 0 Å². The van der Waals surface area contributed by atoms with Crippen molar-refractivity contribution in [3.05, 3.63) is 0 Å². The molecule has 1 nitrogen and oxygen atoms in total. The molecule has 4 heterocycles. The van der Waals surface area contributed by atoms with Crippen molar-refractivity contribution in [1.82, 2.24) is 0 Å². The Bertz CT molecular complexity index is 480. The average Bonchev–Trinajstić information content (AvgIpc) is 2.82. The van der Waals surface area contributed by atoms with E-state index in [4.69, 9.17) is 0 Å². The number of unbranched alkanes of at least 4 members (excludes halogenated alkanes) is 5. The first kappa shape index (κ1) is 27.1. The molecule has 0 N–H and O–H groups in total. The molecule has 0 aliphatic carbocycles. The van der Waals surface area contributed by atoms with Crippen LogP contribution < -0.4 is 0 Å². The largest absolute Gasteiger partial charge is 0.326 e. The standard InChI is InChI=1S/C31H60B2N/c1-3-4-25-34(2,26-9-5-7-23-32-28-15-11-16-29(32)18-12-17-28)27-10-6-8-24-33-30-19-13-20-31(33)22-14-21-30/h28-31H,3-27H2,1-2H3/q+1. The van der Waals surface area contributed by atoms with Crippen LogP contribution in [0.2, 0.25) is 35.9 Å². The molecule has 0 spiro atoms. The first-order chi connectivity index (χ1) is 16.7. The second-order valence-corrected chi connectivity index (χ2v) is 13.9. The van der Waals surface area contributed by atoms with Gasteiger partial charge in [-0.05, 0) is 32.1 Å². The third kappa shape index (κ3) is 7.79. The molecule has 194 valence electrons. The molecule has 3 heteroatoms. The van der Waals surface area contributed by atoms with Gasteiger partial charge < -0.3 is 4.48 Å². The van der Waals surface area contributed by atoms with Gasteiger partial charge in [0.2, 0.25) is 0 Å². The molecule has 0 aromatic heterocycles. The van der Waals surface area contributed by atoms with Crippen LogP contribution in [0.25, 0.3) is 0 Å². The quantitative estimate of drug-likeness (QED) is 0.127. The molecule has 0 aromatic carbocycles. The Morgan fingerprint density at radius 1 is 0.500 bits per heavy atom. The molecule has 4 fully saturated rings. The monoisotopic (exact) mass is 468 g/mol. The van der Waals surface area contributed by atoms with Gasteiger partial charge in [-0.3, -0.25) is 0 Å². The van der Waals surface area contributed by atoms with Gasteiger partial charge in [0.25, 0.3) is 0 Å². The summed E-state index contributed by atoms with van der Waals surface area (Å²) >= 11 is 0. The molecule has 4 aliphatic heterocycles. The van der Waals surface area contributed by atoms with E-state index in [2.05, 4.69) is 14.0 Å². The molecule has 4 bridgehead atoms. The summed E-state index contributed by atoms with van der Waals surface area (Å²) in [5.74, 6) is 4.47. The maximum Gasteiger partial charge on any atom is 0.146 e. The maximum atomic E-state index is 2.60. The van der Waals surface area contributed by atoms with E-state index in [1.165, 1.54) is 75.5 Å². The molecule has 34 heavy (non-hydrogen) atoms. The van der Waals surface area contributed by atoms with Crippen molar-refractivity contribution in [3.63, 3.8) is 0 Å². The normalized spacial score (nSPS) is 30.9. The fourth-order valence-electron chi connectivity index (χ4n) is 9.55. The second-order valence-electron chi connectivity index (χ2n) is 13.9. The van der Waals surface area contributed by atoms with E-state index in [0.29, 0.717) is 0 Å². The number of rotatable bonds is 15. The van der Waals surface area contributed by atoms with Gasteiger partial charge in [-0.1, -0.05) is 139 Å². The topological polar surface area (TPSA) is 0 Å². The Hall–Kier alpha value is 0.0899. The highest BCUT2D eigenvalue weighted by atomic mass is 15.3. The summed E-state index contributed by atoms with van der Waals surface area (Å²) in [6, 6.07) is 0. The van der Waals surface area contributed by atoms with Gasteiger partial charge in [-0.2, -0.15) is 0 Å². The third-order valence-electron chi connectivity index (χ3n) is 11.5. The predicted molar refractivity (Wildman–Crippen MR) is 155 cm³/mol. The summed E-state index contributed by atoms with van der Waals surface area (Å²) in [5, 5.41) is 0. The Kier molecular flexibility index (Phi) is 11.3. The Labute approximate surface area is 215 Å². The molecule has 0 aromatic rings. The van der Waals surface area contributed by atoms with Gasteiger partial charge in [-0.15, -0.1) is 0 Å². The Morgan fingerprint density at radius 2 is 0.853 bits per heavy atom. The number of hydrogen-bond donors (Lipinski definition) is 0. The highest BCUT2D eigenvalue weighted by Crippen LogP contribution is 2.49. The van der Waals surface area contributed by atoms with Gasteiger partial charge in [0, 0.05) is 0 Å². The molecule has 4 rings (SSSR count). The van der Waals surface area contributed by atoms with E-state index in [0.717, 1.165) is 36.7 Å². The summed E-state index contributed by atoms with van der Waals surface area (Å²) in [6.45, 7) is 8.94. The SMILES string of the molecule is CCCC[N+](C)(CCCCCB1C2CCCC1CCC2)CCCCCB1C2CCCC1CCC2. The fraction of sp³-hybridized carbons (Fsp3) is 1.00. The van der Waals surface area contributed by atoms with Gasteiger partial charge >= 0.3 is 0 Å². The lowest BCUT2D eigenvalue weighted by molar-refractivity contribution is -0.910. The van der Waals surface area contributed by atoms with Crippen LogP contribution in [-0.2, 0) is 0 Å². The van der Waals surface area contributed by atoms with Crippen LogP contribution in [0, 0.1) is 0 Å². The molecule has 4 aliphatic rings. The second kappa shape index (κ2) is 14.1. The minimum absolute atomic E-state index is 1.12. The first-order valence-corrected chi connectivity index (χ1v) is 16.5. The zero-order valence-electron chi connectivity index (χ0n) is 23.6. The third-order valence-corrected chi connectivity index (χ3v) is 11.5. The zero-order valence-corrected chi connectivity index (χ0v) is 23.6. The van der Waals surface area contributed by atoms with Crippen molar-refractivity contribution in [1.29, 1.82) is 0 Å². The minimum Gasteiger partial charge on any atom is -0.326 e. The maximum absolute atomic E-state index is 2.60. The minimum atomic E-state index is 1.12. The lowest BCUT2D eigenvalue weighted by Crippen LogP contribution is -2.46. The van der Waals surface area contributed by atoms with E-state index in [-0.39, 0.29) is 0 Å². The smallest absolute Gasteiger partial charge is 0.146 e. The van der Waals surface area contributed by atoms with Gasteiger partial charge in [0.15, 0.2) is 0 Å². The highest BCUT2D eigenvalue weighted by molar-refractivity contribution is 6.63. The predicted octanol–water partition coefficient (Wildman–Crippen LogP) is 9.78. The van der Waals surface area contributed by atoms with Crippen LogP contribution in [0.1, 0.15) is 135 Å². The van der Waals surface area contributed by atoms with Gasteiger partial charge in [-0.25, -0.2) is 0 Å². The summed E-state index contributed by atoms with van der Waals surface area (Å²) in [6.07, 6.45) is 33.6.